The van der Waals surface area contributed by atoms with Crippen LogP contribution < -0.4 is 0 Å². The molecule has 0 radical (unpaired) electrons. The molecule has 0 aromatic rings. The fourth-order valence-electron chi connectivity index (χ4n) is 12.3. The first-order valence-corrected chi connectivity index (χ1v) is 19.4. The maximum Gasteiger partial charge on any atom is 0.308 e. The van der Waals surface area contributed by atoms with Crippen molar-refractivity contribution >= 4 is 11.9 Å². The second-order valence-electron chi connectivity index (χ2n) is 17.8. The van der Waals surface area contributed by atoms with Gasteiger partial charge in [-0.05, 0) is 120 Å². The zero-order valence-corrected chi connectivity index (χ0v) is 30.0. The Labute approximate surface area is 275 Å². The molecule has 2 saturated heterocycles. The van der Waals surface area contributed by atoms with Crippen molar-refractivity contribution in [3.8, 4) is 0 Å². The number of carbonyl (C=O) groups excluding carboxylic acids is 2. The van der Waals surface area contributed by atoms with Crippen LogP contribution in [0.3, 0.4) is 0 Å². The van der Waals surface area contributed by atoms with Gasteiger partial charge in [-0.15, -0.1) is 0 Å². The first kappa shape index (κ1) is 33.7. The van der Waals surface area contributed by atoms with Gasteiger partial charge in [0.2, 0.25) is 0 Å². The lowest BCUT2D eigenvalue weighted by Crippen LogP contribution is -2.63. The Kier molecular flexibility index (Phi) is 9.79. The number of piperidine rings is 2. The molecule has 0 amide bonds. The molecule has 2 aliphatic heterocycles. The molecule has 0 aromatic carbocycles. The Morgan fingerprint density at radius 2 is 1.44 bits per heavy atom. The van der Waals surface area contributed by atoms with Gasteiger partial charge in [-0.3, -0.25) is 14.5 Å². The summed E-state index contributed by atoms with van der Waals surface area (Å²) >= 11 is 0. The molecule has 6 rings (SSSR count). The zero-order valence-electron chi connectivity index (χ0n) is 30.0. The van der Waals surface area contributed by atoms with Crippen molar-refractivity contribution in [2.75, 3.05) is 32.7 Å². The van der Waals surface area contributed by atoms with Crippen LogP contribution in [-0.2, 0) is 19.1 Å². The Morgan fingerprint density at radius 1 is 0.800 bits per heavy atom. The lowest BCUT2D eigenvalue weighted by Gasteiger charge is -2.62. The molecule has 0 N–H and O–H groups in total. The van der Waals surface area contributed by atoms with E-state index in [1.165, 1.54) is 94.6 Å². The van der Waals surface area contributed by atoms with E-state index in [0.717, 1.165) is 26.1 Å². The van der Waals surface area contributed by atoms with E-state index in [0.29, 0.717) is 35.8 Å². The highest BCUT2D eigenvalue weighted by Crippen LogP contribution is 2.68. The van der Waals surface area contributed by atoms with E-state index in [2.05, 4.69) is 25.7 Å². The standard InChI is InChI=1S/C39H67N2O4/c1-8-41(21-13-10-14-22-41)33-24-31-29-16-15-28-23-34(44-36(42)26(2)3)32(40-19-11-9-12-20-40)25-39(28,7)30(29)17-18-38(31,6)35(33)45-37(43)27(4)5/h26-35H,8-25H2,1-7H3/q+1/t28-,29+,30-,31-,32-,33-,34-,35-,38-,39-/m0/s1. The lowest BCUT2D eigenvalue weighted by atomic mass is 9.44. The molecule has 10 atom stereocenters. The van der Waals surface area contributed by atoms with Crippen molar-refractivity contribution in [3.05, 3.63) is 0 Å². The number of fused-ring (bicyclic) bond motifs is 5. The van der Waals surface area contributed by atoms with Crippen molar-refractivity contribution in [2.45, 2.75) is 156 Å². The average molecular weight is 628 g/mol. The van der Waals surface area contributed by atoms with Gasteiger partial charge in [-0.25, -0.2) is 0 Å². The van der Waals surface area contributed by atoms with E-state index >= 15 is 0 Å². The molecular formula is C39H67N2O4+. The highest BCUT2D eigenvalue weighted by atomic mass is 16.6. The van der Waals surface area contributed by atoms with Gasteiger partial charge in [0.05, 0.1) is 31.5 Å². The largest absolute Gasteiger partial charge is 0.460 e. The Balaban J connectivity index is 1.30. The van der Waals surface area contributed by atoms with E-state index in [-0.39, 0.29) is 46.8 Å². The van der Waals surface area contributed by atoms with Crippen molar-refractivity contribution in [3.63, 3.8) is 0 Å². The van der Waals surface area contributed by atoms with E-state index in [1.807, 2.05) is 27.7 Å². The second kappa shape index (κ2) is 13.1. The molecule has 0 unspecified atom stereocenters. The third kappa shape index (κ3) is 5.93. The smallest absolute Gasteiger partial charge is 0.308 e. The van der Waals surface area contributed by atoms with Gasteiger partial charge in [0.15, 0.2) is 6.10 Å². The Bertz CT molecular complexity index is 1060. The van der Waals surface area contributed by atoms with Crippen LogP contribution in [0.1, 0.15) is 132 Å². The molecule has 4 saturated carbocycles. The Hall–Kier alpha value is -1.14. The van der Waals surface area contributed by atoms with Gasteiger partial charge in [-0.2, -0.15) is 0 Å². The monoisotopic (exact) mass is 628 g/mol. The topological polar surface area (TPSA) is 55.8 Å². The molecule has 4 aliphatic carbocycles. The van der Waals surface area contributed by atoms with Crippen LogP contribution in [0.25, 0.3) is 0 Å². The molecule has 0 aromatic heterocycles. The van der Waals surface area contributed by atoms with Gasteiger partial charge in [0.1, 0.15) is 12.1 Å². The minimum Gasteiger partial charge on any atom is -0.460 e. The number of esters is 2. The number of quaternary nitrogens is 1. The van der Waals surface area contributed by atoms with Crippen LogP contribution in [-0.4, -0.2) is 78.3 Å². The molecule has 256 valence electrons. The summed E-state index contributed by atoms with van der Waals surface area (Å²) in [5.74, 6) is 2.49. The molecule has 6 nitrogen and oxygen atoms in total. The molecule has 6 fully saturated rings. The molecular weight excluding hydrogens is 560 g/mol. The molecule has 0 bridgehead atoms. The van der Waals surface area contributed by atoms with E-state index in [4.69, 9.17) is 9.47 Å². The van der Waals surface area contributed by atoms with Gasteiger partial charge in [-0.1, -0.05) is 48.0 Å². The highest BCUT2D eigenvalue weighted by Gasteiger charge is 2.67. The van der Waals surface area contributed by atoms with Crippen LogP contribution in [0.2, 0.25) is 0 Å². The first-order chi connectivity index (χ1) is 21.4. The van der Waals surface area contributed by atoms with Crippen LogP contribution in [0.15, 0.2) is 0 Å². The first-order valence-electron chi connectivity index (χ1n) is 19.4. The number of likely N-dealkylation sites (N-methyl/N-ethyl adjacent to an activating group) is 1. The normalized spacial score (nSPS) is 43.3. The van der Waals surface area contributed by atoms with Crippen LogP contribution in [0, 0.1) is 46.3 Å². The molecule has 0 spiro atoms. The predicted octanol–water partition coefficient (Wildman–Crippen LogP) is 7.63. The summed E-state index contributed by atoms with van der Waals surface area (Å²) in [5, 5.41) is 0. The fourth-order valence-corrected chi connectivity index (χ4v) is 12.3. The summed E-state index contributed by atoms with van der Waals surface area (Å²) in [6.07, 6.45) is 16.3. The minimum atomic E-state index is -0.0814. The number of carbonyl (C=O) groups is 2. The maximum atomic E-state index is 13.3. The second-order valence-corrected chi connectivity index (χ2v) is 17.8. The third-order valence-corrected chi connectivity index (χ3v) is 14.9. The number of likely N-dealkylation sites (tertiary alicyclic amines) is 2. The Morgan fingerprint density at radius 3 is 2.09 bits per heavy atom. The lowest BCUT2D eigenvalue weighted by molar-refractivity contribution is -0.956. The number of rotatable bonds is 7. The van der Waals surface area contributed by atoms with Crippen LogP contribution in [0.4, 0.5) is 0 Å². The zero-order chi connectivity index (χ0) is 32.1. The minimum absolute atomic E-state index is 0.00886. The molecule has 45 heavy (non-hydrogen) atoms. The summed E-state index contributed by atoms with van der Waals surface area (Å²) in [7, 11) is 0. The van der Waals surface area contributed by atoms with Crippen LogP contribution >= 0.6 is 0 Å². The maximum absolute atomic E-state index is 13.3. The number of nitrogens with zero attached hydrogens (tertiary/aromatic N) is 2. The van der Waals surface area contributed by atoms with E-state index in [9.17, 15) is 9.59 Å². The summed E-state index contributed by atoms with van der Waals surface area (Å²) in [4.78, 5) is 29.0. The summed E-state index contributed by atoms with van der Waals surface area (Å²) < 4.78 is 14.3. The van der Waals surface area contributed by atoms with Gasteiger partial charge >= 0.3 is 11.9 Å². The van der Waals surface area contributed by atoms with Crippen LogP contribution in [0.5, 0.6) is 0 Å². The molecule has 6 heteroatoms. The number of hydrogen-bond acceptors (Lipinski definition) is 5. The average Bonchev–Trinajstić information content (AvgIpc) is 3.34. The quantitative estimate of drug-likeness (QED) is 0.215. The fraction of sp³-hybridized carbons (Fsp3) is 0.949. The number of ether oxygens (including phenoxy) is 2. The number of hydrogen-bond donors (Lipinski definition) is 0. The summed E-state index contributed by atoms with van der Waals surface area (Å²) in [6, 6.07) is 0.782. The van der Waals surface area contributed by atoms with Crippen molar-refractivity contribution in [2.24, 2.45) is 46.3 Å². The molecule has 2 heterocycles. The van der Waals surface area contributed by atoms with Gasteiger partial charge in [0, 0.05) is 17.9 Å². The van der Waals surface area contributed by atoms with Gasteiger partial charge < -0.3 is 14.0 Å². The van der Waals surface area contributed by atoms with Crippen molar-refractivity contribution < 1.29 is 23.5 Å². The summed E-state index contributed by atoms with van der Waals surface area (Å²) in [5.41, 5.74) is 0.338. The van der Waals surface area contributed by atoms with Gasteiger partial charge in [0.25, 0.3) is 0 Å². The SMILES string of the molecule is CC[N+]1([C@H]2C[C@H]3[C@@H]4CC[C@H]5C[C@H](OC(=O)C(C)C)[C@@H](N6CCCCC6)C[C@]5(C)[C@H]4CC[C@]3(C)[C@H]2OC(=O)C(C)C)CCCCC1. The highest BCUT2D eigenvalue weighted by molar-refractivity contribution is 5.72. The van der Waals surface area contributed by atoms with E-state index < -0.39 is 0 Å². The van der Waals surface area contributed by atoms with Crippen molar-refractivity contribution in [1.82, 2.24) is 4.90 Å². The predicted molar refractivity (Wildman–Crippen MR) is 179 cm³/mol. The molecule has 6 aliphatic rings. The third-order valence-electron chi connectivity index (χ3n) is 14.9. The van der Waals surface area contributed by atoms with Crippen molar-refractivity contribution in [1.29, 1.82) is 0 Å². The summed E-state index contributed by atoms with van der Waals surface area (Å²) in [6.45, 7) is 21.5. The van der Waals surface area contributed by atoms with E-state index in [1.54, 1.807) is 0 Å².